The Morgan fingerprint density at radius 1 is 1.56 bits per heavy atom. The minimum atomic E-state index is -2.89. The number of hydrogen-bond donors (Lipinski definition) is 1. The van der Waals surface area contributed by atoms with E-state index in [9.17, 15) is 8.42 Å². The van der Waals surface area contributed by atoms with E-state index in [1.807, 2.05) is 11.9 Å². The van der Waals surface area contributed by atoms with Gasteiger partial charge in [-0.25, -0.2) is 8.42 Å². The molecule has 1 heterocycles. The number of hydrogen-bond acceptors (Lipinski definition) is 5. The van der Waals surface area contributed by atoms with E-state index in [0.717, 1.165) is 6.54 Å². The van der Waals surface area contributed by atoms with Crippen molar-refractivity contribution in [3.63, 3.8) is 0 Å². The highest BCUT2D eigenvalue weighted by Gasteiger charge is 2.38. The Hall–Kier alpha value is -0.170. The van der Waals surface area contributed by atoms with Crippen molar-refractivity contribution in [1.82, 2.24) is 4.90 Å². The topological polar surface area (TPSA) is 72.6 Å². The van der Waals surface area contributed by atoms with Gasteiger partial charge >= 0.3 is 0 Å². The summed E-state index contributed by atoms with van der Waals surface area (Å²) in [5.74, 6) is 0.190. The molecule has 0 aromatic heterocycles. The lowest BCUT2D eigenvalue weighted by atomic mass is 9.85. The molecule has 6 heteroatoms. The molecule has 5 nitrogen and oxygen atoms in total. The number of nitrogens with two attached hydrogens (primary N) is 1. The maximum atomic E-state index is 11.0. The summed E-state index contributed by atoms with van der Waals surface area (Å²) in [4.78, 5) is 2.01. The molecular formula is C10H22N2O3S. The van der Waals surface area contributed by atoms with E-state index in [2.05, 4.69) is 6.92 Å². The second-order valence-electron chi connectivity index (χ2n) is 5.14. The third-order valence-electron chi connectivity index (χ3n) is 3.10. The Labute approximate surface area is 97.9 Å². The predicted octanol–water partition coefficient (Wildman–Crippen LogP) is -0.673. The zero-order valence-corrected chi connectivity index (χ0v) is 11.1. The van der Waals surface area contributed by atoms with Crippen LogP contribution in [0.25, 0.3) is 0 Å². The van der Waals surface area contributed by atoms with Crippen molar-refractivity contribution in [1.29, 1.82) is 0 Å². The Bertz CT molecular complexity index is 331. The highest BCUT2D eigenvalue weighted by molar-refractivity contribution is 7.90. The van der Waals surface area contributed by atoms with Crippen LogP contribution in [0.5, 0.6) is 0 Å². The van der Waals surface area contributed by atoms with Crippen molar-refractivity contribution in [2.75, 3.05) is 45.4 Å². The highest BCUT2D eigenvalue weighted by atomic mass is 32.2. The first-order valence-corrected chi connectivity index (χ1v) is 7.49. The van der Waals surface area contributed by atoms with Crippen molar-refractivity contribution in [2.24, 2.45) is 11.1 Å². The van der Waals surface area contributed by atoms with Crippen molar-refractivity contribution >= 4 is 9.84 Å². The first-order valence-electron chi connectivity index (χ1n) is 5.42. The van der Waals surface area contributed by atoms with Crippen LogP contribution in [-0.2, 0) is 14.6 Å². The van der Waals surface area contributed by atoms with Gasteiger partial charge in [0.25, 0.3) is 0 Å². The number of rotatable bonds is 5. The SMILES string of the molecule is CN(CCS(C)(=O)=O)CC1(C)COCC1N. The van der Waals surface area contributed by atoms with E-state index in [4.69, 9.17) is 10.5 Å². The lowest BCUT2D eigenvalue weighted by molar-refractivity contribution is 0.132. The molecule has 16 heavy (non-hydrogen) atoms. The third kappa shape index (κ3) is 4.01. The van der Waals surface area contributed by atoms with Gasteiger partial charge < -0.3 is 15.4 Å². The van der Waals surface area contributed by atoms with E-state index in [1.165, 1.54) is 6.26 Å². The second kappa shape index (κ2) is 5.00. The molecule has 0 amide bonds. The van der Waals surface area contributed by atoms with E-state index in [-0.39, 0.29) is 17.2 Å². The first kappa shape index (κ1) is 13.9. The van der Waals surface area contributed by atoms with Gasteiger partial charge in [0.15, 0.2) is 0 Å². The van der Waals surface area contributed by atoms with Crippen LogP contribution in [0.2, 0.25) is 0 Å². The van der Waals surface area contributed by atoms with Gasteiger partial charge in [0, 0.05) is 30.8 Å². The largest absolute Gasteiger partial charge is 0.379 e. The molecule has 0 spiro atoms. The van der Waals surface area contributed by atoms with Crippen LogP contribution >= 0.6 is 0 Å². The van der Waals surface area contributed by atoms with Crippen LogP contribution in [0.3, 0.4) is 0 Å². The maximum Gasteiger partial charge on any atom is 0.148 e. The van der Waals surface area contributed by atoms with Crippen molar-refractivity contribution in [3.8, 4) is 0 Å². The number of nitrogens with zero attached hydrogens (tertiary/aromatic N) is 1. The molecule has 1 aliphatic rings. The third-order valence-corrected chi connectivity index (χ3v) is 4.02. The molecule has 1 fully saturated rings. The molecule has 1 rings (SSSR count). The summed E-state index contributed by atoms with van der Waals surface area (Å²) in [7, 11) is -0.972. The summed E-state index contributed by atoms with van der Waals surface area (Å²) < 4.78 is 27.4. The zero-order chi connectivity index (χ0) is 12.4. The maximum absolute atomic E-state index is 11.0. The van der Waals surface area contributed by atoms with Crippen molar-refractivity contribution < 1.29 is 13.2 Å². The Morgan fingerprint density at radius 2 is 2.19 bits per heavy atom. The average molecular weight is 250 g/mol. The molecule has 0 radical (unpaired) electrons. The molecule has 0 bridgehead atoms. The van der Waals surface area contributed by atoms with Gasteiger partial charge in [0.2, 0.25) is 0 Å². The monoisotopic (exact) mass is 250 g/mol. The van der Waals surface area contributed by atoms with Gasteiger partial charge in [-0.3, -0.25) is 0 Å². The molecule has 0 aliphatic carbocycles. The van der Waals surface area contributed by atoms with Gasteiger partial charge in [-0.1, -0.05) is 6.92 Å². The molecule has 2 atom stereocenters. The normalized spacial score (nSPS) is 31.2. The Morgan fingerprint density at radius 3 is 2.62 bits per heavy atom. The smallest absolute Gasteiger partial charge is 0.148 e. The van der Waals surface area contributed by atoms with Gasteiger partial charge in [-0.15, -0.1) is 0 Å². The molecule has 1 aliphatic heterocycles. The van der Waals surface area contributed by atoms with Gasteiger partial charge in [-0.2, -0.15) is 0 Å². The molecular weight excluding hydrogens is 228 g/mol. The molecule has 1 saturated heterocycles. The minimum absolute atomic E-state index is 0.0354. The molecule has 0 aromatic rings. The van der Waals surface area contributed by atoms with Crippen molar-refractivity contribution in [2.45, 2.75) is 13.0 Å². The molecule has 0 aromatic carbocycles. The predicted molar refractivity (Wildman–Crippen MR) is 64.1 cm³/mol. The highest BCUT2D eigenvalue weighted by Crippen LogP contribution is 2.27. The summed E-state index contributed by atoms with van der Waals surface area (Å²) in [6.45, 7) is 4.64. The molecule has 96 valence electrons. The number of ether oxygens (including phenoxy) is 1. The average Bonchev–Trinajstić information content (AvgIpc) is 2.43. The molecule has 0 saturated carbocycles. The van der Waals surface area contributed by atoms with Crippen LogP contribution in [0.15, 0.2) is 0 Å². The Kier molecular flexibility index (Phi) is 4.34. The second-order valence-corrected chi connectivity index (χ2v) is 7.40. The Balaban J connectivity index is 2.42. The lowest BCUT2D eigenvalue weighted by Crippen LogP contribution is -2.46. The summed E-state index contributed by atoms with van der Waals surface area (Å²) >= 11 is 0. The summed E-state index contributed by atoms with van der Waals surface area (Å²) in [5.41, 5.74) is 5.91. The van der Waals surface area contributed by atoms with Crippen LogP contribution in [-0.4, -0.2) is 64.7 Å². The quantitative estimate of drug-likeness (QED) is 0.700. The fourth-order valence-corrected chi connectivity index (χ4v) is 2.55. The van der Waals surface area contributed by atoms with E-state index in [1.54, 1.807) is 0 Å². The van der Waals surface area contributed by atoms with Gasteiger partial charge in [0.1, 0.15) is 9.84 Å². The van der Waals surface area contributed by atoms with Crippen LogP contribution in [0.1, 0.15) is 6.92 Å². The first-order chi connectivity index (χ1) is 7.23. The summed E-state index contributed by atoms with van der Waals surface area (Å²) in [5, 5.41) is 0. The van der Waals surface area contributed by atoms with E-state index in [0.29, 0.717) is 19.8 Å². The number of sulfone groups is 1. The van der Waals surface area contributed by atoms with Crippen LogP contribution in [0, 0.1) is 5.41 Å². The van der Waals surface area contributed by atoms with Crippen LogP contribution < -0.4 is 5.73 Å². The lowest BCUT2D eigenvalue weighted by Gasteiger charge is -2.31. The fraction of sp³-hybridized carbons (Fsp3) is 1.00. The van der Waals surface area contributed by atoms with Crippen molar-refractivity contribution in [3.05, 3.63) is 0 Å². The summed E-state index contributed by atoms with van der Waals surface area (Å²) in [6.07, 6.45) is 1.26. The molecule has 2 N–H and O–H groups in total. The zero-order valence-electron chi connectivity index (χ0n) is 10.3. The van der Waals surface area contributed by atoms with E-state index >= 15 is 0 Å². The minimum Gasteiger partial charge on any atom is -0.379 e. The summed E-state index contributed by atoms with van der Waals surface area (Å²) in [6, 6.07) is 0.0354. The van der Waals surface area contributed by atoms with Crippen LogP contribution in [0.4, 0.5) is 0 Å². The fourth-order valence-electron chi connectivity index (χ4n) is 1.91. The van der Waals surface area contributed by atoms with Gasteiger partial charge in [-0.05, 0) is 7.05 Å². The van der Waals surface area contributed by atoms with Gasteiger partial charge in [0.05, 0.1) is 19.0 Å². The standard InChI is InChI=1S/C10H22N2O3S/c1-10(8-15-6-9(10)11)7-12(2)4-5-16(3,13)14/h9H,4-8,11H2,1-3H3. The van der Waals surface area contributed by atoms with E-state index < -0.39 is 9.84 Å². The molecule has 2 unspecified atom stereocenters.